The third-order valence-corrected chi connectivity index (χ3v) is 3.82. The van der Waals surface area contributed by atoms with E-state index in [4.69, 9.17) is 5.26 Å². The molecule has 0 N–H and O–H groups in total. The lowest BCUT2D eigenvalue weighted by Gasteiger charge is -2.15. The van der Waals surface area contributed by atoms with Gasteiger partial charge in [0, 0.05) is 24.6 Å². The maximum atomic E-state index is 12.1. The second kappa shape index (κ2) is 5.28. The van der Waals surface area contributed by atoms with Crippen molar-refractivity contribution < 1.29 is 4.79 Å². The molecule has 0 aliphatic carbocycles. The zero-order valence-electron chi connectivity index (χ0n) is 9.27. The maximum absolute atomic E-state index is 12.1. The number of nitriles is 1. The van der Waals surface area contributed by atoms with Crippen molar-refractivity contribution in [2.24, 2.45) is 5.92 Å². The molecule has 0 bridgehead atoms. The zero-order valence-corrected chi connectivity index (χ0v) is 10.9. The van der Waals surface area contributed by atoms with E-state index in [-0.39, 0.29) is 5.91 Å². The predicted molar refractivity (Wildman–Crippen MR) is 66.8 cm³/mol. The molecule has 4 nitrogen and oxygen atoms in total. The average Bonchev–Trinajstić information content (AvgIpc) is 2.87. The van der Waals surface area contributed by atoms with E-state index < -0.39 is 0 Å². The molecular weight excluding hydrogens is 282 g/mol. The van der Waals surface area contributed by atoms with Crippen LogP contribution in [0.1, 0.15) is 22.5 Å². The smallest absolute Gasteiger partial charge is 0.272 e. The molecule has 1 saturated heterocycles. The number of nitrogens with zero attached hydrogens (tertiary/aromatic N) is 3. The summed E-state index contributed by atoms with van der Waals surface area (Å²) in [5.74, 6) is 0.496. The summed E-state index contributed by atoms with van der Waals surface area (Å²) in [6.07, 6.45) is 2.47. The van der Waals surface area contributed by atoms with Gasteiger partial charge in [-0.1, -0.05) is 15.9 Å². The van der Waals surface area contributed by atoms with Crippen molar-refractivity contribution in [3.8, 4) is 6.07 Å². The van der Waals surface area contributed by atoms with Crippen molar-refractivity contribution in [3.63, 3.8) is 0 Å². The number of pyridine rings is 1. The molecule has 1 aliphatic heterocycles. The van der Waals surface area contributed by atoms with Gasteiger partial charge >= 0.3 is 0 Å². The number of likely N-dealkylation sites (tertiary alicyclic amines) is 1. The van der Waals surface area contributed by atoms with Crippen LogP contribution in [0.5, 0.6) is 0 Å². The SMILES string of the molecule is N#Cc1ccc(C(=O)N2CCC(CBr)C2)nc1. The molecule has 1 unspecified atom stereocenters. The fraction of sp³-hybridized carbons (Fsp3) is 0.417. The molecule has 17 heavy (non-hydrogen) atoms. The number of aromatic nitrogens is 1. The van der Waals surface area contributed by atoms with Crippen molar-refractivity contribution in [3.05, 3.63) is 29.6 Å². The lowest BCUT2D eigenvalue weighted by molar-refractivity contribution is 0.0782. The number of rotatable bonds is 2. The van der Waals surface area contributed by atoms with Gasteiger partial charge in [0.1, 0.15) is 11.8 Å². The van der Waals surface area contributed by atoms with Crippen LogP contribution in [0.25, 0.3) is 0 Å². The Bertz CT molecular complexity index is 452. The third-order valence-electron chi connectivity index (χ3n) is 2.90. The second-order valence-corrected chi connectivity index (χ2v) is 4.75. The van der Waals surface area contributed by atoms with Gasteiger partial charge in [-0.2, -0.15) is 5.26 Å². The Balaban J connectivity index is 2.07. The molecule has 1 aliphatic rings. The summed E-state index contributed by atoms with van der Waals surface area (Å²) in [5.41, 5.74) is 0.889. The van der Waals surface area contributed by atoms with Crippen LogP contribution in [0.2, 0.25) is 0 Å². The first-order valence-corrected chi connectivity index (χ1v) is 6.58. The number of alkyl halides is 1. The zero-order chi connectivity index (χ0) is 12.3. The topological polar surface area (TPSA) is 57.0 Å². The fourth-order valence-corrected chi connectivity index (χ4v) is 2.42. The molecule has 0 aromatic carbocycles. The highest BCUT2D eigenvalue weighted by atomic mass is 79.9. The molecule has 1 amide bonds. The van der Waals surface area contributed by atoms with Crippen LogP contribution >= 0.6 is 15.9 Å². The van der Waals surface area contributed by atoms with E-state index in [0.717, 1.165) is 24.8 Å². The quantitative estimate of drug-likeness (QED) is 0.782. The minimum atomic E-state index is -0.0436. The number of amides is 1. The van der Waals surface area contributed by atoms with Crippen LogP contribution in [0.15, 0.2) is 18.3 Å². The lowest BCUT2D eigenvalue weighted by Crippen LogP contribution is -2.29. The Morgan fingerprint density at radius 3 is 3.00 bits per heavy atom. The van der Waals surface area contributed by atoms with E-state index in [1.165, 1.54) is 6.20 Å². The van der Waals surface area contributed by atoms with Crippen LogP contribution in [0.3, 0.4) is 0 Å². The Morgan fingerprint density at radius 2 is 2.47 bits per heavy atom. The molecular formula is C12H12BrN3O. The van der Waals surface area contributed by atoms with Crippen LogP contribution in [0, 0.1) is 17.2 Å². The second-order valence-electron chi connectivity index (χ2n) is 4.10. The summed E-state index contributed by atoms with van der Waals surface area (Å²) in [6, 6.07) is 5.22. The van der Waals surface area contributed by atoms with Gasteiger partial charge < -0.3 is 4.90 Å². The number of hydrogen-bond acceptors (Lipinski definition) is 3. The fourth-order valence-electron chi connectivity index (χ4n) is 1.89. The van der Waals surface area contributed by atoms with Crippen molar-refractivity contribution >= 4 is 21.8 Å². The summed E-state index contributed by atoms with van der Waals surface area (Å²) in [7, 11) is 0. The van der Waals surface area contributed by atoms with E-state index in [2.05, 4.69) is 20.9 Å². The Labute approximate surface area is 108 Å². The Hall–Kier alpha value is -1.41. The molecule has 0 radical (unpaired) electrons. The maximum Gasteiger partial charge on any atom is 0.272 e. The van der Waals surface area contributed by atoms with Crippen LogP contribution in [-0.2, 0) is 0 Å². The summed E-state index contributed by atoms with van der Waals surface area (Å²) < 4.78 is 0. The molecule has 5 heteroatoms. The van der Waals surface area contributed by atoms with Crippen molar-refractivity contribution in [1.82, 2.24) is 9.88 Å². The Morgan fingerprint density at radius 1 is 1.65 bits per heavy atom. The average molecular weight is 294 g/mol. The van der Waals surface area contributed by atoms with E-state index in [1.807, 2.05) is 11.0 Å². The largest absolute Gasteiger partial charge is 0.337 e. The first-order chi connectivity index (χ1) is 8.24. The molecule has 88 valence electrons. The van der Waals surface area contributed by atoms with Crippen molar-refractivity contribution in [2.75, 3.05) is 18.4 Å². The third kappa shape index (κ3) is 2.64. The lowest BCUT2D eigenvalue weighted by atomic mass is 10.2. The summed E-state index contributed by atoms with van der Waals surface area (Å²) in [6.45, 7) is 1.57. The highest BCUT2D eigenvalue weighted by Gasteiger charge is 2.26. The van der Waals surface area contributed by atoms with Gasteiger partial charge in [-0.25, -0.2) is 4.98 Å². The van der Waals surface area contributed by atoms with Crippen LogP contribution < -0.4 is 0 Å². The summed E-state index contributed by atoms with van der Waals surface area (Å²) >= 11 is 3.44. The highest BCUT2D eigenvalue weighted by molar-refractivity contribution is 9.09. The van der Waals surface area contributed by atoms with E-state index in [0.29, 0.717) is 17.2 Å². The first kappa shape index (κ1) is 12.1. The van der Waals surface area contributed by atoms with E-state index in [9.17, 15) is 4.79 Å². The standard InChI is InChI=1S/C12H12BrN3O/c13-5-9-3-4-16(8-9)12(17)11-2-1-10(6-14)7-15-11/h1-2,7,9H,3-5,8H2. The van der Waals surface area contributed by atoms with Gasteiger partial charge in [0.15, 0.2) is 0 Å². The normalized spacial score (nSPS) is 19.1. The minimum Gasteiger partial charge on any atom is -0.337 e. The van der Waals surface area contributed by atoms with Gasteiger partial charge in [-0.15, -0.1) is 0 Å². The molecule has 2 rings (SSSR count). The highest BCUT2D eigenvalue weighted by Crippen LogP contribution is 2.19. The number of hydrogen-bond donors (Lipinski definition) is 0. The number of carbonyl (C=O) groups is 1. The molecule has 1 aromatic heterocycles. The van der Waals surface area contributed by atoms with Gasteiger partial charge in [0.2, 0.25) is 0 Å². The summed E-state index contributed by atoms with van der Waals surface area (Å²) in [5, 5.41) is 9.58. The molecule has 1 atom stereocenters. The molecule has 1 fully saturated rings. The van der Waals surface area contributed by atoms with E-state index in [1.54, 1.807) is 12.1 Å². The van der Waals surface area contributed by atoms with E-state index >= 15 is 0 Å². The number of carbonyl (C=O) groups excluding carboxylic acids is 1. The van der Waals surface area contributed by atoms with Gasteiger partial charge in [-0.05, 0) is 24.5 Å². The van der Waals surface area contributed by atoms with Crippen LogP contribution in [-0.4, -0.2) is 34.2 Å². The molecule has 1 aromatic rings. The van der Waals surface area contributed by atoms with Crippen molar-refractivity contribution in [1.29, 1.82) is 5.26 Å². The monoisotopic (exact) mass is 293 g/mol. The van der Waals surface area contributed by atoms with Gasteiger partial charge in [-0.3, -0.25) is 4.79 Å². The Kier molecular flexibility index (Phi) is 3.75. The van der Waals surface area contributed by atoms with Crippen LogP contribution in [0.4, 0.5) is 0 Å². The number of halogens is 1. The van der Waals surface area contributed by atoms with Crippen molar-refractivity contribution in [2.45, 2.75) is 6.42 Å². The molecule has 0 saturated carbocycles. The molecule has 0 spiro atoms. The minimum absolute atomic E-state index is 0.0436. The first-order valence-electron chi connectivity index (χ1n) is 5.46. The van der Waals surface area contributed by atoms with Gasteiger partial charge in [0.05, 0.1) is 5.56 Å². The summed E-state index contributed by atoms with van der Waals surface area (Å²) in [4.78, 5) is 17.9. The molecule has 2 heterocycles. The van der Waals surface area contributed by atoms with Gasteiger partial charge in [0.25, 0.3) is 5.91 Å². The predicted octanol–water partition coefficient (Wildman–Crippen LogP) is 1.81.